The van der Waals surface area contributed by atoms with Crippen molar-refractivity contribution in [3.05, 3.63) is 47.0 Å². The highest BCUT2D eigenvalue weighted by Crippen LogP contribution is 2.37. The molecule has 1 saturated heterocycles. The fourth-order valence-electron chi connectivity index (χ4n) is 3.56. The molecular formula is C19H23FN2O4. The number of amides is 1. The zero-order chi connectivity index (χ0) is 18.7. The van der Waals surface area contributed by atoms with E-state index in [1.165, 1.54) is 30.0 Å². The van der Waals surface area contributed by atoms with E-state index in [0.29, 0.717) is 31.7 Å². The summed E-state index contributed by atoms with van der Waals surface area (Å²) in [5.74, 6) is -1.94. The van der Waals surface area contributed by atoms with Crippen LogP contribution < -0.4 is 0 Å². The van der Waals surface area contributed by atoms with E-state index < -0.39 is 23.5 Å². The molecule has 1 fully saturated rings. The molecule has 3 rings (SSSR count). The van der Waals surface area contributed by atoms with Crippen molar-refractivity contribution < 1.29 is 23.8 Å². The Morgan fingerprint density at radius 3 is 2.69 bits per heavy atom. The predicted molar refractivity (Wildman–Crippen MR) is 93.1 cm³/mol. The molecule has 26 heavy (non-hydrogen) atoms. The largest absolute Gasteiger partial charge is 0.503 e. The quantitative estimate of drug-likeness (QED) is 0.836. The van der Waals surface area contributed by atoms with Crippen molar-refractivity contribution in [1.82, 2.24) is 9.80 Å². The number of aliphatic hydroxyl groups is 1. The number of Topliss-reactive ketones (excluding diaryl/α,β-unsaturated/α-hetero) is 1. The first-order valence-electron chi connectivity index (χ1n) is 8.79. The van der Waals surface area contributed by atoms with Crippen LogP contribution in [0.25, 0.3) is 0 Å². The van der Waals surface area contributed by atoms with Gasteiger partial charge in [0.1, 0.15) is 5.82 Å². The fourth-order valence-corrected chi connectivity index (χ4v) is 3.56. The maximum Gasteiger partial charge on any atom is 0.290 e. The third-order valence-electron chi connectivity index (χ3n) is 4.82. The maximum atomic E-state index is 13.7. The summed E-state index contributed by atoms with van der Waals surface area (Å²) in [4.78, 5) is 28.2. The summed E-state index contributed by atoms with van der Waals surface area (Å²) in [6.07, 6.45) is 0.690. The fraction of sp³-hybridized carbons (Fsp3) is 0.474. The molecule has 2 aliphatic rings. The summed E-state index contributed by atoms with van der Waals surface area (Å²) in [6, 6.07) is 5.06. The number of hydrogen-bond donors (Lipinski definition) is 1. The lowest BCUT2D eigenvalue weighted by molar-refractivity contribution is -0.129. The first-order chi connectivity index (χ1) is 12.5. The van der Waals surface area contributed by atoms with Crippen LogP contribution in [0.2, 0.25) is 0 Å². The molecule has 1 aromatic rings. The van der Waals surface area contributed by atoms with Crippen molar-refractivity contribution in [2.24, 2.45) is 0 Å². The van der Waals surface area contributed by atoms with Crippen LogP contribution in [0.5, 0.6) is 0 Å². The monoisotopic (exact) mass is 362 g/mol. The van der Waals surface area contributed by atoms with Gasteiger partial charge in [-0.05, 0) is 31.0 Å². The predicted octanol–water partition coefficient (Wildman–Crippen LogP) is 1.83. The van der Waals surface area contributed by atoms with E-state index >= 15 is 0 Å². The third-order valence-corrected chi connectivity index (χ3v) is 4.82. The number of morpholine rings is 1. The molecule has 0 unspecified atom stereocenters. The summed E-state index contributed by atoms with van der Waals surface area (Å²) in [5.41, 5.74) is 0.519. The van der Waals surface area contributed by atoms with Gasteiger partial charge in [0.25, 0.3) is 5.91 Å². The van der Waals surface area contributed by atoms with Crippen LogP contribution in [-0.4, -0.2) is 66.0 Å². The number of benzene rings is 1. The average molecular weight is 362 g/mol. The average Bonchev–Trinajstić information content (AvgIpc) is 2.88. The van der Waals surface area contributed by atoms with Gasteiger partial charge < -0.3 is 14.7 Å². The Bertz CT molecular complexity index is 728. The Morgan fingerprint density at radius 2 is 2.04 bits per heavy atom. The van der Waals surface area contributed by atoms with Gasteiger partial charge in [0.05, 0.1) is 24.8 Å². The van der Waals surface area contributed by atoms with Crippen LogP contribution in [-0.2, 0) is 14.3 Å². The molecule has 2 aliphatic heterocycles. The Balaban J connectivity index is 1.78. The number of rotatable bonds is 6. The zero-order valence-corrected chi connectivity index (χ0v) is 14.8. The van der Waals surface area contributed by atoms with Crippen molar-refractivity contribution >= 4 is 11.7 Å². The third kappa shape index (κ3) is 3.78. The minimum Gasteiger partial charge on any atom is -0.503 e. The molecule has 1 amide bonds. The van der Waals surface area contributed by atoms with Gasteiger partial charge in [-0.25, -0.2) is 4.39 Å². The molecule has 0 saturated carbocycles. The number of nitrogens with zero attached hydrogens (tertiary/aromatic N) is 2. The SMILES string of the molecule is CC(=O)C1=C(O)C(=O)N(CCCN2CCOCC2)[C@@H]1c1cccc(F)c1. The van der Waals surface area contributed by atoms with E-state index in [9.17, 15) is 19.1 Å². The van der Waals surface area contributed by atoms with Gasteiger partial charge >= 0.3 is 0 Å². The number of carbonyl (C=O) groups excluding carboxylic acids is 2. The van der Waals surface area contributed by atoms with Gasteiger partial charge in [-0.3, -0.25) is 14.5 Å². The van der Waals surface area contributed by atoms with Gasteiger partial charge in [-0.2, -0.15) is 0 Å². The molecule has 140 valence electrons. The van der Waals surface area contributed by atoms with Crippen molar-refractivity contribution in [2.45, 2.75) is 19.4 Å². The summed E-state index contributed by atoms with van der Waals surface area (Å²) in [7, 11) is 0. The lowest BCUT2D eigenvalue weighted by Crippen LogP contribution is -2.39. The van der Waals surface area contributed by atoms with E-state index in [2.05, 4.69) is 4.90 Å². The Labute approximate surface area is 151 Å². The molecule has 0 aromatic heterocycles. The molecule has 1 aromatic carbocycles. The Hall–Kier alpha value is -2.25. The van der Waals surface area contributed by atoms with E-state index in [4.69, 9.17) is 4.74 Å². The van der Waals surface area contributed by atoms with Crippen molar-refractivity contribution in [1.29, 1.82) is 0 Å². The van der Waals surface area contributed by atoms with Crippen LogP contribution in [0.1, 0.15) is 24.9 Å². The van der Waals surface area contributed by atoms with Gasteiger partial charge in [-0.1, -0.05) is 12.1 Å². The normalized spacial score (nSPS) is 21.5. The highest BCUT2D eigenvalue weighted by atomic mass is 19.1. The number of hydrogen-bond acceptors (Lipinski definition) is 5. The number of ether oxygens (including phenoxy) is 1. The van der Waals surface area contributed by atoms with Crippen molar-refractivity contribution in [3.8, 4) is 0 Å². The number of aliphatic hydroxyl groups excluding tert-OH is 1. The van der Waals surface area contributed by atoms with Crippen LogP contribution >= 0.6 is 0 Å². The number of ketones is 1. The van der Waals surface area contributed by atoms with Gasteiger partial charge in [0, 0.05) is 26.2 Å². The minimum absolute atomic E-state index is 0.0342. The standard InChI is InChI=1S/C19H23FN2O4/c1-13(23)16-17(14-4-2-5-15(20)12-14)22(19(25)18(16)24)7-3-6-21-8-10-26-11-9-21/h2,4-5,12,17,24H,3,6-11H2,1H3/t17-/m1/s1. The zero-order valence-electron chi connectivity index (χ0n) is 14.8. The van der Waals surface area contributed by atoms with Crippen molar-refractivity contribution in [2.75, 3.05) is 39.4 Å². The summed E-state index contributed by atoms with van der Waals surface area (Å²) in [5, 5.41) is 10.2. The van der Waals surface area contributed by atoms with Crippen LogP contribution in [0.15, 0.2) is 35.6 Å². The van der Waals surface area contributed by atoms with Gasteiger partial charge in [-0.15, -0.1) is 0 Å². The highest BCUT2D eigenvalue weighted by molar-refractivity contribution is 6.08. The number of carbonyl (C=O) groups is 2. The lowest BCUT2D eigenvalue weighted by atomic mass is 9.96. The minimum atomic E-state index is -0.750. The van der Waals surface area contributed by atoms with Crippen molar-refractivity contribution in [3.63, 3.8) is 0 Å². The van der Waals surface area contributed by atoms with E-state index in [1.54, 1.807) is 6.07 Å². The topological polar surface area (TPSA) is 70.1 Å². The van der Waals surface area contributed by atoms with E-state index in [1.807, 2.05) is 0 Å². The van der Waals surface area contributed by atoms with E-state index in [0.717, 1.165) is 19.6 Å². The summed E-state index contributed by atoms with van der Waals surface area (Å²) in [6.45, 7) is 5.57. The van der Waals surface area contributed by atoms with E-state index in [-0.39, 0.29) is 11.4 Å². The maximum absolute atomic E-state index is 13.7. The molecule has 0 bridgehead atoms. The number of halogens is 1. The lowest BCUT2D eigenvalue weighted by Gasteiger charge is -2.29. The molecule has 0 spiro atoms. The van der Waals surface area contributed by atoms with Gasteiger partial charge in [0.2, 0.25) is 0 Å². The van der Waals surface area contributed by atoms with Gasteiger partial charge in [0.15, 0.2) is 11.5 Å². The second kappa shape index (κ2) is 7.97. The molecule has 1 atom stereocenters. The molecular weight excluding hydrogens is 339 g/mol. The molecule has 6 nitrogen and oxygen atoms in total. The van der Waals surface area contributed by atoms with Crippen LogP contribution in [0.3, 0.4) is 0 Å². The highest BCUT2D eigenvalue weighted by Gasteiger charge is 2.42. The van der Waals surface area contributed by atoms with Crippen LogP contribution in [0, 0.1) is 5.82 Å². The van der Waals surface area contributed by atoms with Crippen LogP contribution in [0.4, 0.5) is 4.39 Å². The molecule has 1 N–H and O–H groups in total. The summed E-state index contributed by atoms with van der Waals surface area (Å²) >= 11 is 0. The first-order valence-corrected chi connectivity index (χ1v) is 8.79. The second-order valence-electron chi connectivity index (χ2n) is 6.58. The first kappa shape index (κ1) is 18.5. The Kier molecular flexibility index (Phi) is 5.68. The summed E-state index contributed by atoms with van der Waals surface area (Å²) < 4.78 is 19.0. The molecule has 7 heteroatoms. The second-order valence-corrected chi connectivity index (χ2v) is 6.58. The smallest absolute Gasteiger partial charge is 0.290 e. The molecule has 2 heterocycles. The molecule has 0 aliphatic carbocycles. The Morgan fingerprint density at radius 1 is 1.31 bits per heavy atom. The molecule has 0 radical (unpaired) electrons.